The van der Waals surface area contributed by atoms with Crippen molar-refractivity contribution in [2.45, 2.75) is 139 Å². The van der Waals surface area contributed by atoms with E-state index in [2.05, 4.69) is 48.1 Å². The lowest BCUT2D eigenvalue weighted by Gasteiger charge is -2.72. The lowest BCUT2D eigenvalue weighted by Crippen LogP contribution is -2.67. The molecule has 1 aromatic carbocycles. The van der Waals surface area contributed by atoms with Gasteiger partial charge in [-0.05, 0) is 155 Å². The summed E-state index contributed by atoms with van der Waals surface area (Å²) in [5.74, 6) is -0.191. The summed E-state index contributed by atoms with van der Waals surface area (Å²) < 4.78 is 17.8. The molecular formula is C50H73NO8. The van der Waals surface area contributed by atoms with Gasteiger partial charge in [0.1, 0.15) is 6.10 Å². The van der Waals surface area contributed by atoms with Gasteiger partial charge in [-0.2, -0.15) is 0 Å². The maximum atomic E-state index is 14.4. The lowest BCUT2D eigenvalue weighted by atomic mass is 9.32. The fraction of sp³-hybridized carbons (Fsp3) is 0.720. The van der Waals surface area contributed by atoms with E-state index < -0.39 is 28.7 Å². The van der Waals surface area contributed by atoms with Crippen molar-refractivity contribution < 1.29 is 38.5 Å². The Morgan fingerprint density at radius 3 is 2.17 bits per heavy atom. The van der Waals surface area contributed by atoms with Crippen molar-refractivity contribution in [1.82, 2.24) is 0 Å². The molecule has 0 aliphatic heterocycles. The average Bonchev–Trinajstić information content (AvgIpc) is 3.56. The summed E-state index contributed by atoms with van der Waals surface area (Å²) in [5.41, 5.74) is 1.43. The molecule has 9 nitrogen and oxygen atoms in total. The van der Waals surface area contributed by atoms with Crippen LogP contribution in [0.4, 0.5) is 5.69 Å². The third kappa shape index (κ3) is 7.91. The Balaban J connectivity index is 1.11. The highest BCUT2D eigenvalue weighted by molar-refractivity contribution is 5.87. The number of ether oxygens (including phenoxy) is 3. The average molecular weight is 816 g/mol. The fourth-order valence-corrected chi connectivity index (χ4v) is 14.0. The monoisotopic (exact) mass is 816 g/mol. The predicted octanol–water partition coefficient (Wildman–Crippen LogP) is 10.3. The van der Waals surface area contributed by atoms with E-state index in [1.165, 1.54) is 11.6 Å². The zero-order valence-electron chi connectivity index (χ0n) is 37.8. The molecule has 0 heterocycles. The Kier molecular flexibility index (Phi) is 12.4. The van der Waals surface area contributed by atoms with E-state index in [4.69, 9.17) is 14.2 Å². The van der Waals surface area contributed by atoms with Crippen LogP contribution >= 0.6 is 0 Å². The van der Waals surface area contributed by atoms with E-state index in [0.717, 1.165) is 75.5 Å². The molecular weight excluding hydrogens is 743 g/mol. The number of esters is 3. The molecule has 0 spiro atoms. The number of fused-ring (bicyclic) bond motifs is 7. The zero-order chi connectivity index (χ0) is 43.3. The maximum absolute atomic E-state index is 14.4. The number of carboxylic acids is 1. The van der Waals surface area contributed by atoms with Crippen LogP contribution in [0.2, 0.25) is 0 Å². The highest BCUT2D eigenvalue weighted by Gasteiger charge is 2.72. The van der Waals surface area contributed by atoms with Crippen LogP contribution in [0.1, 0.15) is 138 Å². The fourth-order valence-electron chi connectivity index (χ4n) is 14.0. The number of carbonyl (C=O) groups is 4. The number of anilines is 1. The second kappa shape index (κ2) is 16.3. The molecule has 5 aliphatic rings. The molecule has 5 aliphatic carbocycles. The van der Waals surface area contributed by atoms with Crippen LogP contribution in [0.3, 0.4) is 0 Å². The van der Waals surface area contributed by atoms with Gasteiger partial charge in [-0.1, -0.05) is 58.9 Å². The number of aliphatic carboxylic acids is 1. The second-order valence-corrected chi connectivity index (χ2v) is 21.5. The molecule has 0 amide bonds. The molecule has 6 rings (SSSR count). The molecule has 326 valence electrons. The molecule has 5 fully saturated rings. The van der Waals surface area contributed by atoms with Crippen LogP contribution in [0.5, 0.6) is 0 Å². The zero-order valence-corrected chi connectivity index (χ0v) is 37.8. The number of rotatable bonds is 13. The Morgan fingerprint density at radius 1 is 0.847 bits per heavy atom. The van der Waals surface area contributed by atoms with E-state index in [1.54, 1.807) is 19.9 Å². The number of hydrogen-bond acceptors (Lipinski definition) is 8. The second-order valence-electron chi connectivity index (χ2n) is 21.5. The quantitative estimate of drug-likeness (QED) is 0.0682. The number of carboxylic acid groups (broad SMARTS) is 1. The minimum Gasteiger partial charge on any atom is -0.481 e. The lowest BCUT2D eigenvalue weighted by molar-refractivity contribution is -0.251. The Labute approximate surface area is 354 Å². The molecule has 0 bridgehead atoms. The van der Waals surface area contributed by atoms with Gasteiger partial charge in [0.2, 0.25) is 0 Å². The summed E-state index contributed by atoms with van der Waals surface area (Å²) in [6.07, 6.45) is 13.0. The third-order valence-corrected chi connectivity index (χ3v) is 17.4. The summed E-state index contributed by atoms with van der Waals surface area (Å²) in [5, 5.41) is 9.63. The third-order valence-electron chi connectivity index (χ3n) is 17.4. The van der Waals surface area contributed by atoms with Crippen LogP contribution in [-0.2, 0) is 33.4 Å². The van der Waals surface area contributed by atoms with Crippen LogP contribution in [-0.4, -0.2) is 62.4 Å². The largest absolute Gasteiger partial charge is 0.481 e. The molecule has 1 aromatic rings. The molecule has 0 aromatic heterocycles. The molecule has 5 saturated carbocycles. The van der Waals surface area contributed by atoms with Crippen LogP contribution < -0.4 is 4.90 Å². The highest BCUT2D eigenvalue weighted by Crippen LogP contribution is 2.77. The van der Waals surface area contributed by atoms with Crippen molar-refractivity contribution in [2.75, 3.05) is 32.2 Å². The SMILES string of the molecule is C=C(C)[C@@H]1CC[C@]2(C(=O)OCCCOC(=O)/C=C/c3ccc(N(C)C)cc3)CC[C@]3(C)[C@H](CC[C@@H]4[C@@]5(C)CC[C@H](OC(=O)CC(C)(C)C(=O)O)C(C)(C)[C@@H]5CC[C@]43C)[C@@H]12. The number of carbonyl (C=O) groups excluding carboxylic acids is 3. The van der Waals surface area contributed by atoms with Crippen molar-refractivity contribution >= 4 is 35.6 Å². The predicted molar refractivity (Wildman–Crippen MR) is 231 cm³/mol. The van der Waals surface area contributed by atoms with E-state index in [9.17, 15) is 24.3 Å². The number of hydrogen-bond donors (Lipinski definition) is 1. The first-order valence-electron chi connectivity index (χ1n) is 22.4. The first kappa shape index (κ1) is 44.9. The minimum absolute atomic E-state index is 0.0440. The summed E-state index contributed by atoms with van der Waals surface area (Å²) in [6, 6.07) is 7.92. The van der Waals surface area contributed by atoms with Gasteiger partial charge in [0.05, 0.1) is 30.5 Å². The van der Waals surface area contributed by atoms with Gasteiger partial charge in [0.25, 0.3) is 0 Å². The summed E-state index contributed by atoms with van der Waals surface area (Å²) in [7, 11) is 3.97. The molecule has 10 atom stereocenters. The molecule has 0 unspecified atom stereocenters. The molecule has 9 heteroatoms. The van der Waals surface area contributed by atoms with Gasteiger partial charge < -0.3 is 24.2 Å². The number of benzene rings is 1. The maximum Gasteiger partial charge on any atom is 0.330 e. The van der Waals surface area contributed by atoms with Gasteiger partial charge in [-0.3, -0.25) is 14.4 Å². The molecule has 0 saturated heterocycles. The van der Waals surface area contributed by atoms with Crippen molar-refractivity contribution in [2.24, 2.45) is 62.1 Å². The van der Waals surface area contributed by atoms with Gasteiger partial charge in [0.15, 0.2) is 0 Å². The standard InChI is InChI=1S/C50H73NO8/c1-32(2)35-21-26-50(44(56)58-30-12-29-57-40(52)20-15-33-13-16-34(17-14-33)51(10)11)28-27-48(8)36(42(35)50)18-19-38-47(7)24-23-39(59-41(53)31-45(3,4)43(54)55)46(5,6)37(47)22-25-49(38,48)9/h13-17,20,35-39,42H,1,12,18-19,21-31H2,2-11H3,(H,54,55)/b20-15+/t35-,36+,37-,38+,39-,42+,47-,48+,49+,50-/m0/s1. The number of allylic oxidation sites excluding steroid dienone is 1. The first-order chi connectivity index (χ1) is 27.5. The Morgan fingerprint density at radius 2 is 1.53 bits per heavy atom. The van der Waals surface area contributed by atoms with Crippen molar-refractivity contribution in [1.29, 1.82) is 0 Å². The summed E-state index contributed by atoms with van der Waals surface area (Å²) in [4.78, 5) is 53.8. The van der Waals surface area contributed by atoms with Gasteiger partial charge in [0, 0.05) is 37.7 Å². The molecule has 1 N–H and O–H groups in total. The van der Waals surface area contributed by atoms with Crippen molar-refractivity contribution in [3.8, 4) is 0 Å². The normalized spacial score (nSPS) is 36.0. The Hall–Kier alpha value is -3.62. The van der Waals surface area contributed by atoms with E-state index in [1.807, 2.05) is 43.3 Å². The first-order valence-corrected chi connectivity index (χ1v) is 22.4. The van der Waals surface area contributed by atoms with E-state index in [0.29, 0.717) is 24.2 Å². The highest BCUT2D eigenvalue weighted by atomic mass is 16.6. The van der Waals surface area contributed by atoms with Crippen LogP contribution in [0.15, 0.2) is 42.5 Å². The van der Waals surface area contributed by atoms with Gasteiger partial charge in [-0.25, -0.2) is 4.79 Å². The van der Waals surface area contributed by atoms with Gasteiger partial charge in [-0.15, -0.1) is 0 Å². The molecule has 0 radical (unpaired) electrons. The van der Waals surface area contributed by atoms with Crippen molar-refractivity contribution in [3.05, 3.63) is 48.1 Å². The summed E-state index contributed by atoms with van der Waals surface area (Å²) >= 11 is 0. The van der Waals surface area contributed by atoms with E-state index in [-0.39, 0.29) is 65.2 Å². The minimum atomic E-state index is -1.17. The number of nitrogens with zero attached hydrogens (tertiary/aromatic N) is 1. The smallest absolute Gasteiger partial charge is 0.330 e. The van der Waals surface area contributed by atoms with Crippen LogP contribution in [0.25, 0.3) is 6.08 Å². The molecule has 59 heavy (non-hydrogen) atoms. The van der Waals surface area contributed by atoms with Gasteiger partial charge >= 0.3 is 23.9 Å². The topological polar surface area (TPSA) is 119 Å². The Bertz CT molecular complexity index is 1810. The van der Waals surface area contributed by atoms with Crippen LogP contribution in [0, 0.1) is 62.1 Å². The van der Waals surface area contributed by atoms with E-state index >= 15 is 0 Å². The van der Waals surface area contributed by atoms with Crippen molar-refractivity contribution in [3.63, 3.8) is 0 Å². The summed E-state index contributed by atoms with van der Waals surface area (Å²) in [6.45, 7) is 22.4.